The molecule has 0 bridgehead atoms. The van der Waals surface area contributed by atoms with Gasteiger partial charge in [-0.15, -0.1) is 10.2 Å². The van der Waals surface area contributed by atoms with E-state index in [1.165, 1.54) is 22.3 Å². The first kappa shape index (κ1) is 14.5. The van der Waals surface area contributed by atoms with E-state index in [1.807, 2.05) is 6.07 Å². The van der Waals surface area contributed by atoms with Crippen molar-refractivity contribution in [2.45, 2.75) is 27.7 Å². The lowest BCUT2D eigenvalue weighted by Gasteiger charge is -2.14. The fourth-order valence-electron chi connectivity index (χ4n) is 3.14. The van der Waals surface area contributed by atoms with Crippen LogP contribution in [0.2, 0.25) is 0 Å². The van der Waals surface area contributed by atoms with Gasteiger partial charge in [-0.3, -0.25) is 0 Å². The zero-order valence-corrected chi connectivity index (χ0v) is 13.6. The normalized spacial score (nSPS) is 10.9. The van der Waals surface area contributed by atoms with Crippen LogP contribution in [0.5, 0.6) is 0 Å². The minimum Gasteiger partial charge on any atom is -0.368 e. The number of rotatable bonds is 3. The molecule has 2 aromatic carbocycles. The average Bonchev–Trinajstić information content (AvgIpc) is 2.48. The van der Waals surface area contributed by atoms with Crippen LogP contribution in [0.15, 0.2) is 36.4 Å². The van der Waals surface area contributed by atoms with Gasteiger partial charge in [0.05, 0.1) is 0 Å². The third-order valence-corrected chi connectivity index (χ3v) is 3.95. The van der Waals surface area contributed by atoms with E-state index in [1.54, 1.807) is 0 Å². The quantitative estimate of drug-likeness (QED) is 0.763. The largest absolute Gasteiger partial charge is 0.368 e. The summed E-state index contributed by atoms with van der Waals surface area (Å²) in [7, 11) is 0. The third kappa shape index (κ3) is 2.43. The zero-order chi connectivity index (χ0) is 15.7. The molecule has 0 amide bonds. The molecule has 3 aromatic rings. The first-order valence-corrected chi connectivity index (χ1v) is 7.69. The standard InChI is InChI=1S/C19H21N3/c1-5-20-19-16-9-7-6-8-15(16)18(21-22-19)17-13(3)10-12(2)11-14(17)4/h6-11H,5H2,1-4H3,(H,20,22). The Morgan fingerprint density at radius 3 is 2.18 bits per heavy atom. The lowest BCUT2D eigenvalue weighted by atomic mass is 9.94. The van der Waals surface area contributed by atoms with E-state index in [4.69, 9.17) is 0 Å². The topological polar surface area (TPSA) is 37.8 Å². The minimum atomic E-state index is 0.834. The van der Waals surface area contributed by atoms with Crippen molar-refractivity contribution in [2.24, 2.45) is 0 Å². The van der Waals surface area contributed by atoms with E-state index in [-0.39, 0.29) is 0 Å². The highest BCUT2D eigenvalue weighted by molar-refractivity contribution is 6.00. The van der Waals surface area contributed by atoms with Crippen molar-refractivity contribution in [1.29, 1.82) is 0 Å². The van der Waals surface area contributed by atoms with Gasteiger partial charge in [-0.2, -0.15) is 0 Å². The second-order valence-corrected chi connectivity index (χ2v) is 5.75. The number of aromatic nitrogens is 2. The number of fused-ring (bicyclic) bond motifs is 1. The Hall–Kier alpha value is -2.42. The van der Waals surface area contributed by atoms with Gasteiger partial charge in [0, 0.05) is 22.9 Å². The van der Waals surface area contributed by atoms with Gasteiger partial charge in [0.25, 0.3) is 0 Å². The second-order valence-electron chi connectivity index (χ2n) is 5.75. The molecule has 0 saturated heterocycles. The van der Waals surface area contributed by atoms with Crippen LogP contribution >= 0.6 is 0 Å². The molecule has 22 heavy (non-hydrogen) atoms. The summed E-state index contributed by atoms with van der Waals surface area (Å²) in [5, 5.41) is 14.5. The summed E-state index contributed by atoms with van der Waals surface area (Å²) >= 11 is 0. The van der Waals surface area contributed by atoms with Crippen LogP contribution in [0, 0.1) is 20.8 Å². The number of nitrogens with zero attached hydrogens (tertiary/aromatic N) is 2. The Kier molecular flexibility index (Phi) is 3.80. The molecule has 0 spiro atoms. The van der Waals surface area contributed by atoms with Gasteiger partial charge in [0.1, 0.15) is 5.69 Å². The molecule has 0 radical (unpaired) electrons. The Labute approximate surface area is 131 Å². The molecule has 3 rings (SSSR count). The molecule has 0 atom stereocenters. The molecule has 1 heterocycles. The molecule has 0 fully saturated rings. The van der Waals surface area contributed by atoms with Gasteiger partial charge in [0.2, 0.25) is 0 Å². The van der Waals surface area contributed by atoms with Crippen molar-refractivity contribution in [2.75, 3.05) is 11.9 Å². The molecule has 0 unspecified atom stereocenters. The summed E-state index contributed by atoms with van der Waals surface area (Å²) in [5.74, 6) is 0.851. The van der Waals surface area contributed by atoms with E-state index in [0.717, 1.165) is 28.8 Å². The maximum absolute atomic E-state index is 4.53. The molecular weight excluding hydrogens is 270 g/mol. The summed E-state index contributed by atoms with van der Waals surface area (Å²) in [4.78, 5) is 0. The third-order valence-electron chi connectivity index (χ3n) is 3.95. The predicted molar refractivity (Wildman–Crippen MR) is 93.3 cm³/mol. The zero-order valence-electron chi connectivity index (χ0n) is 13.6. The average molecular weight is 291 g/mol. The highest BCUT2D eigenvalue weighted by Crippen LogP contribution is 2.33. The number of nitrogens with one attached hydrogen (secondary N) is 1. The summed E-state index contributed by atoms with van der Waals surface area (Å²) in [6.07, 6.45) is 0. The van der Waals surface area contributed by atoms with Crippen LogP contribution in [-0.2, 0) is 0 Å². The van der Waals surface area contributed by atoms with Crippen molar-refractivity contribution < 1.29 is 0 Å². The summed E-state index contributed by atoms with van der Waals surface area (Å²) in [6, 6.07) is 12.7. The number of benzene rings is 2. The van der Waals surface area contributed by atoms with Crippen LogP contribution in [0.25, 0.3) is 22.0 Å². The van der Waals surface area contributed by atoms with Gasteiger partial charge in [-0.25, -0.2) is 0 Å². The predicted octanol–water partition coefficient (Wildman–Crippen LogP) is 4.65. The first-order chi connectivity index (χ1) is 10.6. The van der Waals surface area contributed by atoms with Crippen LogP contribution in [0.1, 0.15) is 23.6 Å². The Morgan fingerprint density at radius 2 is 1.55 bits per heavy atom. The smallest absolute Gasteiger partial charge is 0.156 e. The maximum atomic E-state index is 4.53. The van der Waals surface area contributed by atoms with E-state index in [0.29, 0.717) is 0 Å². The highest BCUT2D eigenvalue weighted by Gasteiger charge is 2.14. The molecule has 3 heteroatoms. The van der Waals surface area contributed by atoms with Gasteiger partial charge >= 0.3 is 0 Å². The first-order valence-electron chi connectivity index (χ1n) is 7.69. The fourth-order valence-corrected chi connectivity index (χ4v) is 3.14. The lowest BCUT2D eigenvalue weighted by Crippen LogP contribution is -2.03. The van der Waals surface area contributed by atoms with Crippen molar-refractivity contribution in [3.63, 3.8) is 0 Å². The lowest BCUT2D eigenvalue weighted by molar-refractivity contribution is 1.03. The van der Waals surface area contributed by atoms with Crippen LogP contribution in [-0.4, -0.2) is 16.7 Å². The maximum Gasteiger partial charge on any atom is 0.156 e. The molecule has 3 nitrogen and oxygen atoms in total. The van der Waals surface area contributed by atoms with Crippen molar-refractivity contribution >= 4 is 16.6 Å². The number of hydrogen-bond acceptors (Lipinski definition) is 3. The fraction of sp³-hybridized carbons (Fsp3) is 0.263. The molecule has 112 valence electrons. The molecule has 0 saturated carbocycles. The van der Waals surface area contributed by atoms with E-state index in [9.17, 15) is 0 Å². The summed E-state index contributed by atoms with van der Waals surface area (Å²) < 4.78 is 0. The highest BCUT2D eigenvalue weighted by atomic mass is 15.2. The van der Waals surface area contributed by atoms with E-state index in [2.05, 4.69) is 73.5 Å². The van der Waals surface area contributed by atoms with E-state index >= 15 is 0 Å². The van der Waals surface area contributed by atoms with Crippen molar-refractivity contribution in [1.82, 2.24) is 10.2 Å². The van der Waals surface area contributed by atoms with Gasteiger partial charge in [-0.05, 0) is 38.8 Å². The van der Waals surface area contributed by atoms with Crippen LogP contribution < -0.4 is 5.32 Å². The molecule has 0 aliphatic heterocycles. The van der Waals surface area contributed by atoms with Crippen LogP contribution in [0.4, 0.5) is 5.82 Å². The molecule has 1 N–H and O–H groups in total. The summed E-state index contributed by atoms with van der Waals surface area (Å²) in [6.45, 7) is 9.31. The van der Waals surface area contributed by atoms with E-state index < -0.39 is 0 Å². The Balaban J connectivity index is 2.32. The van der Waals surface area contributed by atoms with Crippen molar-refractivity contribution in [3.8, 4) is 11.3 Å². The Morgan fingerprint density at radius 1 is 0.909 bits per heavy atom. The minimum absolute atomic E-state index is 0.834. The number of hydrogen-bond donors (Lipinski definition) is 1. The second kappa shape index (κ2) is 5.76. The molecule has 1 aromatic heterocycles. The molecular formula is C19H21N3. The molecule has 0 aliphatic carbocycles. The van der Waals surface area contributed by atoms with Gasteiger partial charge in [-0.1, -0.05) is 42.0 Å². The van der Waals surface area contributed by atoms with Crippen molar-refractivity contribution in [3.05, 3.63) is 53.1 Å². The number of anilines is 1. The summed E-state index contributed by atoms with van der Waals surface area (Å²) in [5.41, 5.74) is 5.92. The van der Waals surface area contributed by atoms with Crippen LogP contribution in [0.3, 0.4) is 0 Å². The monoisotopic (exact) mass is 291 g/mol. The number of aryl methyl sites for hydroxylation is 3. The van der Waals surface area contributed by atoms with Gasteiger partial charge < -0.3 is 5.32 Å². The SMILES string of the molecule is CCNc1nnc(-c2c(C)cc(C)cc2C)c2ccccc12. The Bertz CT molecular complexity index is 814. The van der Waals surface area contributed by atoms with Gasteiger partial charge in [0.15, 0.2) is 5.82 Å². The molecule has 0 aliphatic rings.